The van der Waals surface area contributed by atoms with E-state index in [1.54, 1.807) is 20.1 Å². The average Bonchev–Trinajstić information content (AvgIpc) is 2.77. The fourth-order valence-corrected chi connectivity index (χ4v) is 2.99. The van der Waals surface area contributed by atoms with E-state index >= 15 is 0 Å². The summed E-state index contributed by atoms with van der Waals surface area (Å²) >= 11 is 0. The molecule has 6 nitrogen and oxygen atoms in total. The summed E-state index contributed by atoms with van der Waals surface area (Å²) in [5.74, 6) is 1.42. The Bertz CT molecular complexity index is 987. The number of benzene rings is 2. The van der Waals surface area contributed by atoms with Crippen LogP contribution in [0.3, 0.4) is 0 Å². The van der Waals surface area contributed by atoms with Crippen molar-refractivity contribution in [2.75, 3.05) is 25.6 Å². The van der Waals surface area contributed by atoms with Crippen LogP contribution in [0.2, 0.25) is 0 Å². The van der Waals surface area contributed by atoms with E-state index in [0.29, 0.717) is 24.7 Å². The van der Waals surface area contributed by atoms with E-state index < -0.39 is 5.97 Å². The number of anilines is 1. The molecule has 0 bridgehead atoms. The first-order chi connectivity index (χ1) is 14.6. The molecule has 0 spiro atoms. The summed E-state index contributed by atoms with van der Waals surface area (Å²) in [5.41, 5.74) is 4.34. The van der Waals surface area contributed by atoms with Crippen LogP contribution in [0.1, 0.15) is 18.1 Å². The van der Waals surface area contributed by atoms with Gasteiger partial charge < -0.3 is 19.5 Å². The van der Waals surface area contributed by atoms with Crippen molar-refractivity contribution in [2.24, 2.45) is 0 Å². The van der Waals surface area contributed by atoms with E-state index in [1.807, 2.05) is 30.5 Å². The van der Waals surface area contributed by atoms with E-state index in [9.17, 15) is 4.79 Å². The van der Waals surface area contributed by atoms with E-state index in [4.69, 9.17) is 14.2 Å². The molecule has 0 atom stereocenters. The molecule has 30 heavy (non-hydrogen) atoms. The molecular weight excluding hydrogens is 380 g/mol. The Hall–Kier alpha value is -3.54. The molecule has 0 saturated heterocycles. The zero-order valence-electron chi connectivity index (χ0n) is 17.5. The Morgan fingerprint density at radius 2 is 1.87 bits per heavy atom. The minimum atomic E-state index is -0.415. The number of esters is 1. The third-order valence-corrected chi connectivity index (χ3v) is 4.47. The minimum absolute atomic E-state index is 0.160. The summed E-state index contributed by atoms with van der Waals surface area (Å²) in [7, 11) is 1.56. The minimum Gasteiger partial charge on any atom is -0.493 e. The number of aryl methyl sites for hydroxylation is 1. The lowest BCUT2D eigenvalue weighted by atomic mass is 10.1. The molecule has 0 aliphatic heterocycles. The highest BCUT2D eigenvalue weighted by Crippen LogP contribution is 2.32. The standard InChI is InChI=1S/C24H26N2O4/c1-4-29-24(27)16-30-21-10-8-19(13-22(21)28-3)20-9-11-23(26-15-20)25-14-18-7-5-6-17(2)12-18/h5-13,15H,4,14,16H2,1-3H3,(H,25,26). The average molecular weight is 406 g/mol. The normalized spacial score (nSPS) is 10.4. The quantitative estimate of drug-likeness (QED) is 0.523. The van der Waals surface area contributed by atoms with Crippen LogP contribution in [0, 0.1) is 6.92 Å². The first-order valence-corrected chi connectivity index (χ1v) is 9.81. The Labute approximate surface area is 176 Å². The van der Waals surface area contributed by atoms with Crippen molar-refractivity contribution in [2.45, 2.75) is 20.4 Å². The highest BCUT2D eigenvalue weighted by atomic mass is 16.6. The molecule has 0 radical (unpaired) electrons. The van der Waals surface area contributed by atoms with Crippen molar-refractivity contribution in [3.8, 4) is 22.6 Å². The number of rotatable bonds is 9. The summed E-state index contributed by atoms with van der Waals surface area (Å²) in [5, 5.41) is 3.34. The lowest BCUT2D eigenvalue weighted by Crippen LogP contribution is -2.14. The summed E-state index contributed by atoms with van der Waals surface area (Å²) in [6.07, 6.45) is 1.81. The van der Waals surface area contributed by atoms with Crippen molar-refractivity contribution < 1.29 is 19.0 Å². The zero-order chi connectivity index (χ0) is 21.3. The number of aromatic nitrogens is 1. The van der Waals surface area contributed by atoms with Crippen LogP contribution < -0.4 is 14.8 Å². The number of pyridine rings is 1. The number of nitrogens with one attached hydrogen (secondary N) is 1. The van der Waals surface area contributed by atoms with Crippen LogP contribution in [-0.4, -0.2) is 31.3 Å². The van der Waals surface area contributed by atoms with Crippen LogP contribution in [0.15, 0.2) is 60.8 Å². The van der Waals surface area contributed by atoms with Crippen molar-refractivity contribution in [1.82, 2.24) is 4.98 Å². The predicted molar refractivity (Wildman–Crippen MR) is 117 cm³/mol. The monoisotopic (exact) mass is 406 g/mol. The third kappa shape index (κ3) is 5.73. The van der Waals surface area contributed by atoms with Gasteiger partial charge in [-0.25, -0.2) is 9.78 Å². The number of hydrogen-bond donors (Lipinski definition) is 1. The van der Waals surface area contributed by atoms with Crippen LogP contribution in [0.4, 0.5) is 5.82 Å². The summed E-state index contributed by atoms with van der Waals surface area (Å²) < 4.78 is 15.8. The molecule has 2 aromatic carbocycles. The molecule has 0 fully saturated rings. The summed E-state index contributed by atoms with van der Waals surface area (Å²) in [4.78, 5) is 16.0. The van der Waals surface area contributed by atoms with Crippen LogP contribution in [0.25, 0.3) is 11.1 Å². The lowest BCUT2D eigenvalue weighted by molar-refractivity contribution is -0.145. The Balaban J connectivity index is 1.65. The van der Waals surface area contributed by atoms with Gasteiger partial charge in [0.1, 0.15) is 5.82 Å². The molecule has 3 rings (SSSR count). The van der Waals surface area contributed by atoms with Gasteiger partial charge in [-0.1, -0.05) is 35.9 Å². The smallest absolute Gasteiger partial charge is 0.344 e. The van der Waals surface area contributed by atoms with Gasteiger partial charge >= 0.3 is 5.97 Å². The highest BCUT2D eigenvalue weighted by Gasteiger charge is 2.10. The van der Waals surface area contributed by atoms with Gasteiger partial charge in [0.15, 0.2) is 18.1 Å². The third-order valence-electron chi connectivity index (χ3n) is 4.47. The topological polar surface area (TPSA) is 69.7 Å². The molecular formula is C24H26N2O4. The molecule has 1 aromatic heterocycles. The van der Waals surface area contributed by atoms with Gasteiger partial charge in [-0.15, -0.1) is 0 Å². The van der Waals surface area contributed by atoms with Gasteiger partial charge in [0, 0.05) is 18.3 Å². The molecule has 3 aromatic rings. The Morgan fingerprint density at radius 3 is 2.57 bits per heavy atom. The number of carbonyl (C=O) groups excluding carboxylic acids is 1. The van der Waals surface area contributed by atoms with Crippen molar-refractivity contribution in [1.29, 1.82) is 0 Å². The number of methoxy groups -OCH3 is 1. The lowest BCUT2D eigenvalue weighted by Gasteiger charge is -2.12. The van der Waals surface area contributed by atoms with Crippen molar-refractivity contribution in [3.05, 3.63) is 71.9 Å². The van der Waals surface area contributed by atoms with Gasteiger partial charge in [-0.3, -0.25) is 0 Å². The molecule has 156 valence electrons. The van der Waals surface area contributed by atoms with E-state index in [-0.39, 0.29) is 6.61 Å². The Kier molecular flexibility index (Phi) is 7.27. The number of hydrogen-bond acceptors (Lipinski definition) is 6. The Morgan fingerprint density at radius 1 is 1.03 bits per heavy atom. The largest absolute Gasteiger partial charge is 0.493 e. The molecule has 0 aliphatic carbocycles. The number of nitrogens with zero attached hydrogens (tertiary/aromatic N) is 1. The van der Waals surface area contributed by atoms with Gasteiger partial charge in [-0.2, -0.15) is 0 Å². The molecule has 1 heterocycles. The fraction of sp³-hybridized carbons (Fsp3) is 0.250. The second-order valence-electron chi connectivity index (χ2n) is 6.73. The molecule has 0 saturated carbocycles. The fourth-order valence-electron chi connectivity index (χ4n) is 2.99. The zero-order valence-corrected chi connectivity index (χ0v) is 17.5. The number of ether oxygens (including phenoxy) is 3. The summed E-state index contributed by atoms with van der Waals surface area (Å²) in [6, 6.07) is 17.9. The van der Waals surface area contributed by atoms with E-state index in [0.717, 1.165) is 16.9 Å². The van der Waals surface area contributed by atoms with Crippen LogP contribution in [-0.2, 0) is 16.1 Å². The molecule has 0 amide bonds. The van der Waals surface area contributed by atoms with Crippen LogP contribution >= 0.6 is 0 Å². The van der Waals surface area contributed by atoms with Crippen LogP contribution in [0.5, 0.6) is 11.5 Å². The second kappa shape index (κ2) is 10.3. The van der Waals surface area contributed by atoms with E-state index in [2.05, 4.69) is 41.5 Å². The van der Waals surface area contributed by atoms with Gasteiger partial charge in [0.2, 0.25) is 0 Å². The van der Waals surface area contributed by atoms with Gasteiger partial charge in [-0.05, 0) is 49.2 Å². The summed E-state index contributed by atoms with van der Waals surface area (Å²) in [6.45, 7) is 4.71. The van der Waals surface area contributed by atoms with Crippen molar-refractivity contribution >= 4 is 11.8 Å². The maximum Gasteiger partial charge on any atom is 0.344 e. The molecule has 0 unspecified atom stereocenters. The first kappa shape index (κ1) is 21.2. The molecule has 0 aliphatic rings. The highest BCUT2D eigenvalue weighted by molar-refractivity contribution is 5.72. The maximum absolute atomic E-state index is 11.5. The first-order valence-electron chi connectivity index (χ1n) is 9.81. The molecule has 1 N–H and O–H groups in total. The SMILES string of the molecule is CCOC(=O)COc1ccc(-c2ccc(NCc3cccc(C)c3)nc2)cc1OC. The molecule has 6 heteroatoms. The van der Waals surface area contributed by atoms with Crippen molar-refractivity contribution in [3.63, 3.8) is 0 Å². The maximum atomic E-state index is 11.5. The predicted octanol–water partition coefficient (Wildman–Crippen LogP) is 4.62. The second-order valence-corrected chi connectivity index (χ2v) is 6.73. The van der Waals surface area contributed by atoms with Gasteiger partial charge in [0.05, 0.1) is 13.7 Å². The van der Waals surface area contributed by atoms with E-state index in [1.165, 1.54) is 11.1 Å². The number of carbonyl (C=O) groups is 1. The van der Waals surface area contributed by atoms with Gasteiger partial charge in [0.25, 0.3) is 0 Å².